The summed E-state index contributed by atoms with van der Waals surface area (Å²) in [6.07, 6.45) is 1.89. The Morgan fingerprint density at radius 1 is 1.18 bits per heavy atom. The van der Waals surface area contributed by atoms with Crippen LogP contribution in [0.25, 0.3) is 0 Å². The lowest BCUT2D eigenvalue weighted by Crippen LogP contribution is -2.35. The Bertz CT molecular complexity index is 901. The topological polar surface area (TPSA) is 75.7 Å². The van der Waals surface area contributed by atoms with Gasteiger partial charge in [-0.25, -0.2) is 12.8 Å². The van der Waals surface area contributed by atoms with Crippen molar-refractivity contribution in [3.63, 3.8) is 0 Å². The van der Waals surface area contributed by atoms with Crippen molar-refractivity contribution in [3.8, 4) is 5.75 Å². The summed E-state index contributed by atoms with van der Waals surface area (Å²) < 4.78 is 44.9. The molecule has 2 aromatic carbocycles. The van der Waals surface area contributed by atoms with Crippen LogP contribution in [0, 0.1) is 5.82 Å². The highest BCUT2D eigenvalue weighted by Gasteiger charge is 2.19. The van der Waals surface area contributed by atoms with Gasteiger partial charge in [0.15, 0.2) is 6.61 Å². The lowest BCUT2D eigenvalue weighted by atomic mass is 10.2. The molecule has 0 aliphatic rings. The number of nitrogens with one attached hydrogen (secondary N) is 1. The van der Waals surface area contributed by atoms with E-state index in [0.717, 1.165) is 17.0 Å². The molecule has 0 aromatic heterocycles. The van der Waals surface area contributed by atoms with Gasteiger partial charge in [0.25, 0.3) is 5.91 Å². The van der Waals surface area contributed by atoms with E-state index < -0.39 is 15.8 Å². The average molecular weight is 408 g/mol. The van der Waals surface area contributed by atoms with Crippen molar-refractivity contribution < 1.29 is 22.3 Å². The summed E-state index contributed by atoms with van der Waals surface area (Å²) in [5, 5.41) is 2.79. The van der Waals surface area contributed by atoms with Crippen LogP contribution >= 0.6 is 0 Å². The predicted molar refractivity (Wildman–Crippen MR) is 107 cm³/mol. The van der Waals surface area contributed by atoms with Crippen LogP contribution in [0.5, 0.6) is 5.75 Å². The summed E-state index contributed by atoms with van der Waals surface area (Å²) in [6, 6.07) is 12.4. The number of amides is 1. The van der Waals surface area contributed by atoms with E-state index in [9.17, 15) is 17.6 Å². The zero-order valence-corrected chi connectivity index (χ0v) is 17.0. The highest BCUT2D eigenvalue weighted by atomic mass is 32.2. The van der Waals surface area contributed by atoms with Crippen LogP contribution in [0.1, 0.15) is 25.8 Å². The van der Waals surface area contributed by atoms with Gasteiger partial charge in [-0.05, 0) is 43.7 Å². The molecule has 1 amide bonds. The normalized spacial score (nSPS) is 12.3. The van der Waals surface area contributed by atoms with E-state index in [2.05, 4.69) is 5.32 Å². The summed E-state index contributed by atoms with van der Waals surface area (Å²) in [7, 11) is -3.63. The first-order chi connectivity index (χ1) is 13.2. The summed E-state index contributed by atoms with van der Waals surface area (Å²) in [6.45, 7) is 3.62. The minimum absolute atomic E-state index is 0.0696. The van der Waals surface area contributed by atoms with Gasteiger partial charge in [-0.3, -0.25) is 9.10 Å². The van der Waals surface area contributed by atoms with E-state index in [0.29, 0.717) is 11.4 Å². The molecule has 1 N–H and O–H groups in total. The minimum atomic E-state index is -3.63. The summed E-state index contributed by atoms with van der Waals surface area (Å²) in [5.74, 6) is -0.262. The largest absolute Gasteiger partial charge is 0.484 e. The van der Waals surface area contributed by atoms with Gasteiger partial charge in [0.1, 0.15) is 11.6 Å². The third kappa shape index (κ3) is 6.23. The minimum Gasteiger partial charge on any atom is -0.484 e. The molecule has 28 heavy (non-hydrogen) atoms. The number of hydrogen-bond acceptors (Lipinski definition) is 4. The van der Waals surface area contributed by atoms with Crippen molar-refractivity contribution >= 4 is 21.6 Å². The lowest BCUT2D eigenvalue weighted by molar-refractivity contribution is -0.123. The standard InChI is InChI=1S/C20H25FN2O4S/c1-4-15(2)22-20(24)14-27-18-11-9-17(10-12-18)23(28(3,25)26)13-16-7-5-6-8-19(16)21/h5-12,15H,4,13-14H2,1-3H3,(H,22,24)/t15-/m0/s1. The van der Waals surface area contributed by atoms with Crippen LogP contribution in [-0.4, -0.2) is 33.2 Å². The first-order valence-corrected chi connectivity index (χ1v) is 10.8. The van der Waals surface area contributed by atoms with Crippen LogP contribution in [-0.2, 0) is 21.4 Å². The van der Waals surface area contributed by atoms with E-state index >= 15 is 0 Å². The fourth-order valence-corrected chi connectivity index (χ4v) is 3.34. The Morgan fingerprint density at radius 3 is 2.39 bits per heavy atom. The van der Waals surface area contributed by atoms with E-state index in [1.54, 1.807) is 42.5 Å². The molecule has 0 spiro atoms. The van der Waals surface area contributed by atoms with Crippen LogP contribution in [0.2, 0.25) is 0 Å². The maximum absolute atomic E-state index is 13.9. The van der Waals surface area contributed by atoms with Gasteiger partial charge in [0.05, 0.1) is 18.5 Å². The third-order valence-corrected chi connectivity index (χ3v) is 5.33. The summed E-state index contributed by atoms with van der Waals surface area (Å²) in [5.41, 5.74) is 0.650. The van der Waals surface area contributed by atoms with Gasteiger partial charge in [-0.15, -0.1) is 0 Å². The first-order valence-electron chi connectivity index (χ1n) is 8.94. The number of hydrogen-bond donors (Lipinski definition) is 1. The Labute approximate surface area is 165 Å². The quantitative estimate of drug-likeness (QED) is 0.692. The monoisotopic (exact) mass is 408 g/mol. The predicted octanol–water partition coefficient (Wildman–Crippen LogP) is 3.09. The second-order valence-electron chi connectivity index (χ2n) is 6.52. The molecular weight excluding hydrogens is 383 g/mol. The molecule has 1 atom stereocenters. The Kier molecular flexibility index (Phi) is 7.39. The zero-order valence-electron chi connectivity index (χ0n) is 16.2. The third-order valence-electron chi connectivity index (χ3n) is 4.19. The Balaban J connectivity index is 2.10. The fourth-order valence-electron chi connectivity index (χ4n) is 2.46. The first kappa shape index (κ1) is 21.7. The van der Waals surface area contributed by atoms with Gasteiger partial charge in [-0.1, -0.05) is 25.1 Å². The molecule has 0 fully saturated rings. The molecule has 0 saturated heterocycles. The van der Waals surface area contributed by atoms with E-state index in [1.807, 2.05) is 13.8 Å². The highest BCUT2D eigenvalue weighted by molar-refractivity contribution is 7.92. The second-order valence-corrected chi connectivity index (χ2v) is 8.43. The maximum atomic E-state index is 13.9. The zero-order chi connectivity index (χ0) is 20.7. The highest BCUT2D eigenvalue weighted by Crippen LogP contribution is 2.24. The van der Waals surface area contributed by atoms with Crippen molar-refractivity contribution in [3.05, 3.63) is 59.9 Å². The van der Waals surface area contributed by atoms with E-state index in [4.69, 9.17) is 4.74 Å². The number of rotatable bonds is 9. The van der Waals surface area contributed by atoms with Gasteiger partial charge in [-0.2, -0.15) is 0 Å². The number of nitrogens with zero attached hydrogens (tertiary/aromatic N) is 1. The van der Waals surface area contributed by atoms with Crippen LogP contribution < -0.4 is 14.4 Å². The SMILES string of the molecule is CC[C@H](C)NC(=O)COc1ccc(N(Cc2ccccc2F)S(C)(=O)=O)cc1. The van der Waals surface area contributed by atoms with Crippen molar-refractivity contribution in [1.82, 2.24) is 5.32 Å². The maximum Gasteiger partial charge on any atom is 0.258 e. The molecule has 0 bridgehead atoms. The lowest BCUT2D eigenvalue weighted by Gasteiger charge is -2.23. The van der Waals surface area contributed by atoms with Gasteiger partial charge < -0.3 is 10.1 Å². The van der Waals surface area contributed by atoms with E-state index in [1.165, 1.54) is 6.07 Å². The molecule has 0 saturated carbocycles. The van der Waals surface area contributed by atoms with Crippen molar-refractivity contribution in [2.75, 3.05) is 17.2 Å². The smallest absolute Gasteiger partial charge is 0.258 e. The van der Waals surface area contributed by atoms with Crippen molar-refractivity contribution in [2.45, 2.75) is 32.9 Å². The number of carbonyl (C=O) groups is 1. The molecule has 2 rings (SSSR count). The number of halogens is 1. The Hall–Kier alpha value is -2.61. The summed E-state index contributed by atoms with van der Waals surface area (Å²) in [4.78, 5) is 11.8. The van der Waals surface area contributed by atoms with Gasteiger partial charge >= 0.3 is 0 Å². The molecule has 0 radical (unpaired) electrons. The number of anilines is 1. The number of ether oxygens (including phenoxy) is 1. The molecule has 0 aliphatic carbocycles. The summed E-state index contributed by atoms with van der Waals surface area (Å²) >= 11 is 0. The number of carbonyl (C=O) groups excluding carboxylic acids is 1. The molecule has 0 heterocycles. The van der Waals surface area contributed by atoms with Gasteiger partial charge in [0, 0.05) is 11.6 Å². The average Bonchev–Trinajstić information content (AvgIpc) is 2.65. The molecule has 6 nitrogen and oxygen atoms in total. The fraction of sp³-hybridized carbons (Fsp3) is 0.350. The van der Waals surface area contributed by atoms with E-state index in [-0.39, 0.29) is 30.7 Å². The molecule has 152 valence electrons. The molecule has 0 unspecified atom stereocenters. The molecule has 2 aromatic rings. The molecular formula is C20H25FN2O4S. The Morgan fingerprint density at radius 2 is 1.82 bits per heavy atom. The van der Waals surface area contributed by atoms with Crippen molar-refractivity contribution in [2.24, 2.45) is 0 Å². The molecule has 8 heteroatoms. The van der Waals surface area contributed by atoms with Gasteiger partial charge in [0.2, 0.25) is 10.0 Å². The van der Waals surface area contributed by atoms with Crippen LogP contribution in [0.4, 0.5) is 10.1 Å². The second kappa shape index (κ2) is 9.54. The van der Waals surface area contributed by atoms with Crippen LogP contribution in [0.15, 0.2) is 48.5 Å². The van der Waals surface area contributed by atoms with Crippen molar-refractivity contribution in [1.29, 1.82) is 0 Å². The van der Waals surface area contributed by atoms with Crippen LogP contribution in [0.3, 0.4) is 0 Å². The number of benzene rings is 2. The number of sulfonamides is 1. The molecule has 0 aliphatic heterocycles.